The van der Waals surface area contributed by atoms with Crippen LogP contribution in [-0.2, 0) is 21.3 Å². The Hall–Kier alpha value is -1.36. The molecule has 1 aromatic rings. The minimum absolute atomic E-state index is 0.122. The van der Waals surface area contributed by atoms with Gasteiger partial charge in [0.1, 0.15) is 0 Å². The summed E-state index contributed by atoms with van der Waals surface area (Å²) in [4.78, 5) is 11.8. The highest BCUT2D eigenvalue weighted by Gasteiger charge is 2.28. The van der Waals surface area contributed by atoms with Gasteiger partial charge in [0, 0.05) is 32.4 Å². The maximum absolute atomic E-state index is 11.8. The Kier molecular flexibility index (Phi) is 4.96. The molecule has 5 heteroatoms. The first-order valence-electron chi connectivity index (χ1n) is 6.92. The minimum Gasteiger partial charge on any atom is -0.466 e. The summed E-state index contributed by atoms with van der Waals surface area (Å²) in [6, 6.07) is 0. The average Bonchev–Trinajstić information content (AvgIpc) is 2.84. The molecule has 0 aromatic carbocycles. The minimum atomic E-state index is -0.122. The molecule has 0 bridgehead atoms. The zero-order valence-electron chi connectivity index (χ0n) is 11.7. The molecule has 0 radical (unpaired) electrons. The van der Waals surface area contributed by atoms with Crippen LogP contribution in [0.5, 0.6) is 0 Å². The van der Waals surface area contributed by atoms with Crippen molar-refractivity contribution in [3.63, 3.8) is 0 Å². The predicted molar refractivity (Wildman–Crippen MR) is 70.7 cm³/mol. The molecule has 1 aliphatic heterocycles. The van der Waals surface area contributed by atoms with Crippen LogP contribution in [0.1, 0.15) is 37.7 Å². The summed E-state index contributed by atoms with van der Waals surface area (Å²) < 4.78 is 12.3. The van der Waals surface area contributed by atoms with Crippen molar-refractivity contribution >= 4 is 5.97 Å². The third-order valence-electron chi connectivity index (χ3n) is 3.68. The van der Waals surface area contributed by atoms with E-state index in [2.05, 4.69) is 5.10 Å². The first kappa shape index (κ1) is 14.1. The van der Waals surface area contributed by atoms with Gasteiger partial charge in [0.05, 0.1) is 19.2 Å². The Balaban J connectivity index is 2.10. The number of hydrogen-bond acceptors (Lipinski definition) is 4. The first-order valence-corrected chi connectivity index (χ1v) is 6.92. The lowest BCUT2D eigenvalue weighted by Gasteiger charge is -2.29. The maximum Gasteiger partial charge on any atom is 0.306 e. The molecule has 0 saturated carbocycles. The number of aryl methyl sites for hydroxylation is 1. The third-order valence-corrected chi connectivity index (χ3v) is 3.68. The van der Waals surface area contributed by atoms with Gasteiger partial charge in [-0.25, -0.2) is 0 Å². The van der Waals surface area contributed by atoms with E-state index in [1.165, 1.54) is 0 Å². The largest absolute Gasteiger partial charge is 0.466 e. The number of rotatable bonds is 5. The van der Waals surface area contributed by atoms with Crippen molar-refractivity contribution in [3.8, 4) is 0 Å². The molecule has 0 aliphatic carbocycles. The van der Waals surface area contributed by atoms with Crippen LogP contribution in [0, 0.1) is 5.92 Å². The zero-order valence-corrected chi connectivity index (χ0v) is 11.7. The van der Waals surface area contributed by atoms with Crippen LogP contribution in [-0.4, -0.2) is 35.6 Å². The van der Waals surface area contributed by atoms with Crippen LogP contribution in [0.15, 0.2) is 12.4 Å². The van der Waals surface area contributed by atoms with Gasteiger partial charge in [-0.15, -0.1) is 0 Å². The molecule has 19 heavy (non-hydrogen) atoms. The number of hydrogen-bond donors (Lipinski definition) is 0. The van der Waals surface area contributed by atoms with E-state index < -0.39 is 0 Å². The van der Waals surface area contributed by atoms with Crippen molar-refractivity contribution in [1.29, 1.82) is 0 Å². The number of carbonyl (C=O) groups excluding carboxylic acids is 1. The van der Waals surface area contributed by atoms with Crippen molar-refractivity contribution in [2.45, 2.75) is 32.1 Å². The lowest BCUT2D eigenvalue weighted by molar-refractivity contribution is -0.144. The van der Waals surface area contributed by atoms with Crippen LogP contribution >= 0.6 is 0 Å². The van der Waals surface area contributed by atoms with Gasteiger partial charge in [0.25, 0.3) is 0 Å². The van der Waals surface area contributed by atoms with E-state index in [-0.39, 0.29) is 11.9 Å². The zero-order chi connectivity index (χ0) is 13.7. The summed E-state index contributed by atoms with van der Waals surface area (Å²) in [6.45, 7) is 3.84. The SMILES string of the molecule is CCOC(=O)C[C@H](c1cnn(C)c1)C1CCOCC1. The molecule has 1 aliphatic rings. The fourth-order valence-corrected chi connectivity index (χ4v) is 2.71. The molecule has 0 unspecified atom stereocenters. The second kappa shape index (κ2) is 6.70. The van der Waals surface area contributed by atoms with Crippen LogP contribution in [0.3, 0.4) is 0 Å². The molecular weight excluding hydrogens is 244 g/mol. The lowest BCUT2D eigenvalue weighted by Crippen LogP contribution is -2.24. The topological polar surface area (TPSA) is 53.3 Å². The molecular formula is C14H22N2O3. The van der Waals surface area contributed by atoms with E-state index in [1.54, 1.807) is 4.68 Å². The quantitative estimate of drug-likeness (QED) is 0.764. The highest BCUT2D eigenvalue weighted by Crippen LogP contribution is 2.34. The Morgan fingerprint density at radius 3 is 2.89 bits per heavy atom. The lowest BCUT2D eigenvalue weighted by atomic mass is 9.80. The van der Waals surface area contributed by atoms with E-state index in [4.69, 9.17) is 9.47 Å². The van der Waals surface area contributed by atoms with E-state index >= 15 is 0 Å². The summed E-state index contributed by atoms with van der Waals surface area (Å²) in [7, 11) is 1.90. The number of nitrogens with zero attached hydrogens (tertiary/aromatic N) is 2. The van der Waals surface area contributed by atoms with E-state index in [0.717, 1.165) is 31.6 Å². The van der Waals surface area contributed by atoms with E-state index in [1.807, 2.05) is 26.4 Å². The summed E-state index contributed by atoms with van der Waals surface area (Å²) in [5.74, 6) is 0.543. The van der Waals surface area contributed by atoms with Gasteiger partial charge in [-0.05, 0) is 31.2 Å². The summed E-state index contributed by atoms with van der Waals surface area (Å²) >= 11 is 0. The van der Waals surface area contributed by atoms with Gasteiger partial charge in [-0.1, -0.05) is 0 Å². The molecule has 1 aromatic heterocycles. The Labute approximate surface area is 113 Å². The maximum atomic E-state index is 11.8. The van der Waals surface area contributed by atoms with Gasteiger partial charge in [-0.3, -0.25) is 9.48 Å². The molecule has 2 heterocycles. The molecule has 0 amide bonds. The van der Waals surface area contributed by atoms with E-state index in [0.29, 0.717) is 18.9 Å². The van der Waals surface area contributed by atoms with Crippen molar-refractivity contribution in [3.05, 3.63) is 18.0 Å². The van der Waals surface area contributed by atoms with Crippen LogP contribution in [0.4, 0.5) is 0 Å². The van der Waals surface area contributed by atoms with Crippen LogP contribution < -0.4 is 0 Å². The Bertz CT molecular complexity index is 411. The number of carbonyl (C=O) groups is 1. The van der Waals surface area contributed by atoms with Gasteiger partial charge >= 0.3 is 5.97 Å². The molecule has 0 spiro atoms. The highest BCUT2D eigenvalue weighted by atomic mass is 16.5. The average molecular weight is 266 g/mol. The second-order valence-electron chi connectivity index (χ2n) is 5.01. The standard InChI is InChI=1S/C14H22N2O3/c1-3-19-14(17)8-13(11-4-6-18-7-5-11)12-9-15-16(2)10-12/h9-11,13H,3-8H2,1-2H3/t13-/m0/s1. The van der Waals surface area contributed by atoms with Gasteiger partial charge in [-0.2, -0.15) is 5.10 Å². The fraction of sp³-hybridized carbons (Fsp3) is 0.714. The number of esters is 1. The summed E-state index contributed by atoms with van der Waals surface area (Å²) in [5, 5.41) is 4.22. The third kappa shape index (κ3) is 3.80. The molecule has 2 rings (SSSR count). The monoisotopic (exact) mass is 266 g/mol. The molecule has 1 atom stereocenters. The molecule has 0 N–H and O–H groups in total. The fourth-order valence-electron chi connectivity index (χ4n) is 2.71. The summed E-state index contributed by atoms with van der Waals surface area (Å²) in [6.07, 6.45) is 6.29. The van der Waals surface area contributed by atoms with Crippen molar-refractivity contribution < 1.29 is 14.3 Å². The number of aromatic nitrogens is 2. The molecule has 5 nitrogen and oxygen atoms in total. The van der Waals surface area contributed by atoms with Crippen LogP contribution in [0.25, 0.3) is 0 Å². The van der Waals surface area contributed by atoms with Gasteiger partial charge in [0.2, 0.25) is 0 Å². The smallest absolute Gasteiger partial charge is 0.306 e. The van der Waals surface area contributed by atoms with Crippen LogP contribution in [0.2, 0.25) is 0 Å². The Morgan fingerprint density at radius 2 is 2.32 bits per heavy atom. The molecule has 1 saturated heterocycles. The van der Waals surface area contributed by atoms with Gasteiger partial charge < -0.3 is 9.47 Å². The molecule has 106 valence electrons. The van der Waals surface area contributed by atoms with Crippen molar-refractivity contribution in [1.82, 2.24) is 9.78 Å². The number of ether oxygens (including phenoxy) is 2. The molecule has 1 fully saturated rings. The summed E-state index contributed by atoms with van der Waals surface area (Å²) in [5.41, 5.74) is 1.13. The first-order chi connectivity index (χ1) is 9.20. The van der Waals surface area contributed by atoms with E-state index in [9.17, 15) is 4.79 Å². The normalized spacial score (nSPS) is 18.2. The van der Waals surface area contributed by atoms with Gasteiger partial charge in [0.15, 0.2) is 0 Å². The highest BCUT2D eigenvalue weighted by molar-refractivity contribution is 5.70. The second-order valence-corrected chi connectivity index (χ2v) is 5.01. The van der Waals surface area contributed by atoms with Crippen molar-refractivity contribution in [2.75, 3.05) is 19.8 Å². The Morgan fingerprint density at radius 1 is 1.58 bits per heavy atom. The predicted octanol–water partition coefficient (Wildman–Crippen LogP) is 1.88. The van der Waals surface area contributed by atoms with Crippen molar-refractivity contribution in [2.24, 2.45) is 13.0 Å².